The van der Waals surface area contributed by atoms with Crippen LogP contribution in [-0.2, 0) is 0 Å². The van der Waals surface area contributed by atoms with Gasteiger partial charge in [0.25, 0.3) is 0 Å². The van der Waals surface area contributed by atoms with E-state index in [1.807, 2.05) is 0 Å². The molecule has 2 rings (SSSR count). The SMILES string of the molecule is C[C@@H]1CC[C@@H](C)P1/C=C\P1[C@H](C)CC[C@H]1N. The minimum atomic E-state index is -0.00840. The Morgan fingerprint density at radius 2 is 1.25 bits per heavy atom. The Kier molecular flexibility index (Phi) is 4.44. The van der Waals surface area contributed by atoms with Gasteiger partial charge < -0.3 is 5.73 Å². The first-order valence-electron chi connectivity index (χ1n) is 6.58. The molecule has 0 aromatic heterocycles. The molecule has 92 valence electrons. The Labute approximate surface area is 103 Å². The molecule has 1 unspecified atom stereocenters. The van der Waals surface area contributed by atoms with Crippen LogP contribution in [0.1, 0.15) is 46.5 Å². The zero-order valence-corrected chi connectivity index (χ0v) is 12.6. The molecule has 0 radical (unpaired) electrons. The van der Waals surface area contributed by atoms with Crippen molar-refractivity contribution < 1.29 is 0 Å². The summed E-state index contributed by atoms with van der Waals surface area (Å²) in [5.41, 5.74) is 8.97. The largest absolute Gasteiger partial charge is 0.324 e. The fourth-order valence-corrected chi connectivity index (χ4v) is 8.60. The highest BCUT2D eigenvalue weighted by atomic mass is 31.1. The molecule has 0 aromatic carbocycles. The lowest BCUT2D eigenvalue weighted by atomic mass is 10.2. The summed E-state index contributed by atoms with van der Waals surface area (Å²) >= 11 is 0. The van der Waals surface area contributed by atoms with Crippen LogP contribution in [0.2, 0.25) is 0 Å². The van der Waals surface area contributed by atoms with E-state index in [1.165, 1.54) is 25.7 Å². The topological polar surface area (TPSA) is 26.0 Å². The maximum absolute atomic E-state index is 6.21. The van der Waals surface area contributed by atoms with Gasteiger partial charge in [0.15, 0.2) is 0 Å². The van der Waals surface area contributed by atoms with Crippen LogP contribution in [0.4, 0.5) is 0 Å². The summed E-state index contributed by atoms with van der Waals surface area (Å²) in [6.07, 6.45) is 5.48. The Balaban J connectivity index is 1.97. The van der Waals surface area contributed by atoms with Crippen molar-refractivity contribution in [3.8, 4) is 0 Å². The van der Waals surface area contributed by atoms with Gasteiger partial charge in [0.1, 0.15) is 0 Å². The predicted molar refractivity (Wildman–Crippen MR) is 77.8 cm³/mol. The number of hydrogen-bond donors (Lipinski definition) is 1. The zero-order valence-electron chi connectivity index (χ0n) is 10.8. The van der Waals surface area contributed by atoms with Gasteiger partial charge in [0.05, 0.1) is 0 Å². The quantitative estimate of drug-likeness (QED) is 0.726. The number of hydrogen-bond acceptors (Lipinski definition) is 1. The highest BCUT2D eigenvalue weighted by Crippen LogP contribution is 2.60. The van der Waals surface area contributed by atoms with E-state index in [9.17, 15) is 0 Å². The molecule has 0 aliphatic carbocycles. The van der Waals surface area contributed by atoms with Crippen molar-refractivity contribution in [2.45, 2.75) is 69.2 Å². The van der Waals surface area contributed by atoms with E-state index in [4.69, 9.17) is 5.73 Å². The fourth-order valence-electron chi connectivity index (χ4n) is 2.96. The second-order valence-corrected chi connectivity index (χ2v) is 11.2. The van der Waals surface area contributed by atoms with Crippen molar-refractivity contribution in [1.82, 2.24) is 0 Å². The molecule has 1 nitrogen and oxygen atoms in total. The van der Waals surface area contributed by atoms with E-state index < -0.39 is 0 Å². The van der Waals surface area contributed by atoms with Gasteiger partial charge >= 0.3 is 0 Å². The molecule has 2 saturated heterocycles. The summed E-state index contributed by atoms with van der Waals surface area (Å²) in [4.78, 5) is 0. The van der Waals surface area contributed by atoms with Gasteiger partial charge in [-0.1, -0.05) is 48.2 Å². The smallest absolute Gasteiger partial charge is 0.0281 e. The van der Waals surface area contributed by atoms with Crippen molar-refractivity contribution in [3.05, 3.63) is 11.6 Å². The van der Waals surface area contributed by atoms with Crippen LogP contribution in [-0.4, -0.2) is 22.8 Å². The van der Waals surface area contributed by atoms with Crippen LogP contribution in [0.25, 0.3) is 0 Å². The first-order chi connectivity index (χ1) is 7.59. The van der Waals surface area contributed by atoms with Gasteiger partial charge in [0.2, 0.25) is 0 Å². The first kappa shape index (κ1) is 13.0. The molecule has 2 N–H and O–H groups in total. The first-order valence-corrected chi connectivity index (χ1v) is 9.68. The predicted octanol–water partition coefficient (Wildman–Crippen LogP) is 4.46. The molecule has 0 aromatic rings. The summed E-state index contributed by atoms with van der Waals surface area (Å²) < 4.78 is 0. The van der Waals surface area contributed by atoms with Gasteiger partial charge in [-0.2, -0.15) is 0 Å². The van der Waals surface area contributed by atoms with Crippen LogP contribution >= 0.6 is 15.8 Å². The van der Waals surface area contributed by atoms with E-state index in [0.29, 0.717) is 5.78 Å². The molecule has 2 heterocycles. The number of nitrogens with two attached hydrogens (primary N) is 1. The van der Waals surface area contributed by atoms with Gasteiger partial charge in [-0.3, -0.25) is 0 Å². The number of rotatable bonds is 2. The van der Waals surface area contributed by atoms with Crippen molar-refractivity contribution in [2.75, 3.05) is 0 Å². The third kappa shape index (κ3) is 2.69. The molecule has 2 aliphatic rings. The summed E-state index contributed by atoms with van der Waals surface area (Å²) in [6.45, 7) is 7.26. The molecule has 2 aliphatic heterocycles. The van der Waals surface area contributed by atoms with Crippen molar-refractivity contribution >= 4 is 15.8 Å². The fraction of sp³-hybridized carbons (Fsp3) is 0.846. The molecule has 0 amide bonds. The third-order valence-electron chi connectivity index (χ3n) is 4.20. The minimum absolute atomic E-state index is 0.00840. The lowest BCUT2D eigenvalue weighted by Gasteiger charge is -2.20. The highest BCUT2D eigenvalue weighted by Gasteiger charge is 2.31. The van der Waals surface area contributed by atoms with Crippen LogP contribution in [0.3, 0.4) is 0 Å². The third-order valence-corrected chi connectivity index (χ3v) is 10.3. The van der Waals surface area contributed by atoms with Crippen molar-refractivity contribution in [1.29, 1.82) is 0 Å². The summed E-state index contributed by atoms with van der Waals surface area (Å²) in [7, 11) is 0.150. The highest BCUT2D eigenvalue weighted by molar-refractivity contribution is 7.66. The second-order valence-electron chi connectivity index (χ2n) is 5.46. The summed E-state index contributed by atoms with van der Waals surface area (Å²) in [5, 5.41) is 0. The zero-order chi connectivity index (χ0) is 11.7. The molecule has 0 saturated carbocycles. The van der Waals surface area contributed by atoms with E-state index in [2.05, 4.69) is 32.4 Å². The van der Waals surface area contributed by atoms with E-state index >= 15 is 0 Å². The van der Waals surface area contributed by atoms with E-state index in [1.54, 1.807) is 0 Å². The summed E-state index contributed by atoms with van der Waals surface area (Å²) in [6, 6.07) is 0. The molecule has 0 spiro atoms. The standard InChI is InChI=1S/C13H25NP2/c1-10-4-5-11(2)15(10)8-9-16-12(3)6-7-13(16)14/h8-13H,4-7,14H2,1-3H3/b9-8-/t10-,11-,12-,13+,16?/m1/s1. The Morgan fingerprint density at radius 3 is 1.75 bits per heavy atom. The molecule has 16 heavy (non-hydrogen) atoms. The Hall–Kier alpha value is 0.560. The van der Waals surface area contributed by atoms with E-state index in [-0.39, 0.29) is 15.8 Å². The molecular formula is C13H25NP2. The lowest BCUT2D eigenvalue weighted by molar-refractivity contribution is 0.761. The minimum Gasteiger partial charge on any atom is -0.324 e. The van der Waals surface area contributed by atoms with Crippen molar-refractivity contribution in [2.24, 2.45) is 5.73 Å². The average molecular weight is 257 g/mol. The normalized spacial score (nSPS) is 45.9. The second kappa shape index (κ2) is 5.47. The molecule has 5 atom stereocenters. The average Bonchev–Trinajstić information content (AvgIpc) is 2.72. The maximum atomic E-state index is 6.21. The molecule has 3 heteroatoms. The molecular weight excluding hydrogens is 232 g/mol. The van der Waals surface area contributed by atoms with E-state index in [0.717, 1.165) is 17.0 Å². The van der Waals surface area contributed by atoms with Gasteiger partial charge in [-0.05, 0) is 42.7 Å². The monoisotopic (exact) mass is 257 g/mol. The summed E-state index contributed by atoms with van der Waals surface area (Å²) in [5.74, 6) is 5.62. The maximum Gasteiger partial charge on any atom is 0.0281 e. The van der Waals surface area contributed by atoms with Gasteiger partial charge in [-0.15, -0.1) is 0 Å². The van der Waals surface area contributed by atoms with Gasteiger partial charge in [-0.25, -0.2) is 0 Å². The van der Waals surface area contributed by atoms with Crippen molar-refractivity contribution in [3.63, 3.8) is 0 Å². The Bertz CT molecular complexity index is 221. The van der Waals surface area contributed by atoms with Crippen LogP contribution < -0.4 is 5.73 Å². The van der Waals surface area contributed by atoms with Crippen LogP contribution in [0, 0.1) is 0 Å². The Morgan fingerprint density at radius 1 is 0.812 bits per heavy atom. The molecule has 0 bridgehead atoms. The molecule has 2 fully saturated rings. The van der Waals surface area contributed by atoms with Crippen LogP contribution in [0.15, 0.2) is 11.6 Å². The van der Waals surface area contributed by atoms with Crippen LogP contribution in [0.5, 0.6) is 0 Å². The van der Waals surface area contributed by atoms with Gasteiger partial charge in [0, 0.05) is 5.78 Å². The lowest BCUT2D eigenvalue weighted by Crippen LogP contribution is -2.12.